The van der Waals surface area contributed by atoms with Gasteiger partial charge in [-0.25, -0.2) is 4.39 Å². The molecular formula is C12H13BrFN3O. The second kappa shape index (κ2) is 5.07. The number of halogens is 2. The minimum Gasteiger partial charge on any atom is -0.384 e. The van der Waals surface area contributed by atoms with E-state index in [1.165, 1.54) is 11.8 Å². The van der Waals surface area contributed by atoms with Crippen LogP contribution in [0.4, 0.5) is 10.2 Å². The number of hydrogen-bond donors (Lipinski definition) is 1. The van der Waals surface area contributed by atoms with Crippen molar-refractivity contribution in [2.24, 2.45) is 7.05 Å². The zero-order valence-electron chi connectivity index (χ0n) is 10.1. The summed E-state index contributed by atoms with van der Waals surface area (Å²) in [6.45, 7) is 0.209. The number of nitrogens with two attached hydrogens (primary N) is 1. The van der Waals surface area contributed by atoms with E-state index in [1.807, 2.05) is 0 Å². The summed E-state index contributed by atoms with van der Waals surface area (Å²) in [6, 6.07) is 5.01. The lowest BCUT2D eigenvalue weighted by Gasteiger charge is -2.07. The molecular weight excluding hydrogens is 301 g/mol. The molecule has 0 radical (unpaired) electrons. The zero-order chi connectivity index (χ0) is 13.3. The van der Waals surface area contributed by atoms with Gasteiger partial charge < -0.3 is 10.5 Å². The summed E-state index contributed by atoms with van der Waals surface area (Å²) in [5.74, 6) is 0.149. The normalized spacial score (nSPS) is 10.9. The van der Waals surface area contributed by atoms with Gasteiger partial charge in [-0.3, -0.25) is 4.68 Å². The van der Waals surface area contributed by atoms with Gasteiger partial charge in [0.15, 0.2) is 0 Å². The fourth-order valence-corrected chi connectivity index (χ4v) is 2.21. The molecule has 18 heavy (non-hydrogen) atoms. The number of aryl methyl sites for hydroxylation is 1. The maximum atomic E-state index is 14.3. The maximum Gasteiger partial charge on any atom is 0.138 e. The summed E-state index contributed by atoms with van der Waals surface area (Å²) >= 11 is 3.35. The standard InChI is InChI=1S/C12H13BrFN3O/c1-17-11(15)5-10(16-17)9-4-8(13)3-7(6-18-2)12(9)14/h3-5H,6,15H2,1-2H3. The molecule has 4 nitrogen and oxygen atoms in total. The number of nitrogens with zero attached hydrogens (tertiary/aromatic N) is 2. The van der Waals surface area contributed by atoms with E-state index in [0.717, 1.165) is 4.47 Å². The minimum absolute atomic E-state index is 0.209. The van der Waals surface area contributed by atoms with Crippen LogP contribution in [-0.2, 0) is 18.4 Å². The monoisotopic (exact) mass is 313 g/mol. The lowest BCUT2D eigenvalue weighted by Crippen LogP contribution is -1.98. The maximum absolute atomic E-state index is 14.3. The van der Waals surface area contributed by atoms with Crippen LogP contribution in [0.5, 0.6) is 0 Å². The molecule has 0 saturated carbocycles. The number of ether oxygens (including phenoxy) is 1. The number of anilines is 1. The SMILES string of the molecule is COCc1cc(Br)cc(-c2cc(N)n(C)n2)c1F. The third-order valence-corrected chi connectivity index (χ3v) is 3.06. The molecule has 96 valence electrons. The van der Waals surface area contributed by atoms with Crippen molar-refractivity contribution < 1.29 is 9.13 Å². The molecule has 1 heterocycles. The Labute approximate surface area is 113 Å². The lowest BCUT2D eigenvalue weighted by atomic mass is 10.1. The highest BCUT2D eigenvalue weighted by molar-refractivity contribution is 9.10. The molecule has 0 amide bonds. The summed E-state index contributed by atoms with van der Waals surface area (Å²) in [6.07, 6.45) is 0. The molecule has 1 aromatic heterocycles. The first-order valence-corrected chi connectivity index (χ1v) is 6.09. The van der Waals surface area contributed by atoms with Gasteiger partial charge in [-0.1, -0.05) is 15.9 Å². The summed E-state index contributed by atoms with van der Waals surface area (Å²) < 4.78 is 21.5. The van der Waals surface area contributed by atoms with Crippen LogP contribution >= 0.6 is 15.9 Å². The highest BCUT2D eigenvalue weighted by atomic mass is 79.9. The van der Waals surface area contributed by atoms with Gasteiger partial charge in [-0.15, -0.1) is 0 Å². The van der Waals surface area contributed by atoms with Crippen LogP contribution in [0.15, 0.2) is 22.7 Å². The van der Waals surface area contributed by atoms with Gasteiger partial charge in [0.1, 0.15) is 11.6 Å². The Bertz CT molecular complexity index is 563. The van der Waals surface area contributed by atoms with Crippen molar-refractivity contribution in [2.75, 3.05) is 12.8 Å². The molecule has 2 aromatic rings. The van der Waals surface area contributed by atoms with Crippen LogP contribution in [0, 0.1) is 5.82 Å². The molecule has 0 bridgehead atoms. The predicted molar refractivity (Wildman–Crippen MR) is 71.4 cm³/mol. The lowest BCUT2D eigenvalue weighted by molar-refractivity contribution is 0.181. The number of nitrogen functional groups attached to an aromatic ring is 1. The van der Waals surface area contributed by atoms with Gasteiger partial charge >= 0.3 is 0 Å². The Balaban J connectivity index is 2.56. The van der Waals surface area contributed by atoms with Crippen LogP contribution in [0.2, 0.25) is 0 Å². The van der Waals surface area contributed by atoms with E-state index >= 15 is 0 Å². The number of methoxy groups -OCH3 is 1. The predicted octanol–water partition coefficient (Wildman–Crippen LogP) is 2.72. The van der Waals surface area contributed by atoms with Crippen molar-refractivity contribution >= 4 is 21.7 Å². The highest BCUT2D eigenvalue weighted by Gasteiger charge is 2.15. The number of rotatable bonds is 3. The largest absolute Gasteiger partial charge is 0.384 e. The van der Waals surface area contributed by atoms with Gasteiger partial charge in [0.05, 0.1) is 12.3 Å². The average molecular weight is 314 g/mol. The van der Waals surface area contributed by atoms with Crippen LogP contribution < -0.4 is 5.73 Å². The molecule has 0 aliphatic rings. The van der Waals surface area contributed by atoms with Crippen LogP contribution in [0.3, 0.4) is 0 Å². The summed E-state index contributed by atoms with van der Waals surface area (Å²) in [4.78, 5) is 0. The van der Waals surface area contributed by atoms with Gasteiger partial charge in [0, 0.05) is 35.8 Å². The molecule has 0 atom stereocenters. The van der Waals surface area contributed by atoms with Crippen molar-refractivity contribution in [2.45, 2.75) is 6.61 Å². The quantitative estimate of drug-likeness (QED) is 0.948. The van der Waals surface area contributed by atoms with E-state index in [9.17, 15) is 4.39 Å². The Morgan fingerprint density at radius 2 is 2.17 bits per heavy atom. The van der Waals surface area contributed by atoms with Gasteiger partial charge in [-0.2, -0.15) is 5.10 Å². The summed E-state index contributed by atoms with van der Waals surface area (Å²) in [7, 11) is 3.24. The molecule has 6 heteroatoms. The molecule has 0 aliphatic carbocycles. The second-order valence-electron chi connectivity index (χ2n) is 3.94. The molecule has 0 unspecified atom stereocenters. The smallest absolute Gasteiger partial charge is 0.138 e. The third kappa shape index (κ3) is 2.39. The topological polar surface area (TPSA) is 53.1 Å². The Morgan fingerprint density at radius 1 is 1.44 bits per heavy atom. The van der Waals surface area contributed by atoms with E-state index < -0.39 is 0 Å². The molecule has 0 fully saturated rings. The zero-order valence-corrected chi connectivity index (χ0v) is 11.7. The average Bonchev–Trinajstić information content (AvgIpc) is 2.64. The second-order valence-corrected chi connectivity index (χ2v) is 4.85. The Kier molecular flexibility index (Phi) is 3.68. The molecule has 0 saturated heterocycles. The molecule has 0 aliphatic heterocycles. The van der Waals surface area contributed by atoms with Crippen molar-refractivity contribution in [3.05, 3.63) is 34.1 Å². The molecule has 2 rings (SSSR count). The van der Waals surface area contributed by atoms with Gasteiger partial charge in [-0.05, 0) is 12.1 Å². The number of benzene rings is 1. The Hall–Kier alpha value is -1.40. The van der Waals surface area contributed by atoms with Gasteiger partial charge in [0.25, 0.3) is 0 Å². The van der Waals surface area contributed by atoms with Gasteiger partial charge in [0.2, 0.25) is 0 Å². The van der Waals surface area contributed by atoms with Crippen LogP contribution in [0.25, 0.3) is 11.3 Å². The van der Waals surface area contributed by atoms with E-state index in [1.54, 1.807) is 25.2 Å². The van der Waals surface area contributed by atoms with E-state index in [4.69, 9.17) is 10.5 Å². The molecule has 2 N–H and O–H groups in total. The van der Waals surface area contributed by atoms with Crippen LogP contribution in [0.1, 0.15) is 5.56 Å². The fraction of sp³-hybridized carbons (Fsp3) is 0.250. The summed E-state index contributed by atoms with van der Waals surface area (Å²) in [5.41, 5.74) is 7.09. The first kappa shape index (κ1) is 13.0. The molecule has 0 spiro atoms. The first-order valence-electron chi connectivity index (χ1n) is 5.29. The first-order chi connectivity index (χ1) is 8.52. The van der Waals surface area contributed by atoms with E-state index in [2.05, 4.69) is 21.0 Å². The highest BCUT2D eigenvalue weighted by Crippen LogP contribution is 2.29. The van der Waals surface area contributed by atoms with Crippen LogP contribution in [-0.4, -0.2) is 16.9 Å². The van der Waals surface area contributed by atoms with Crippen molar-refractivity contribution in [1.82, 2.24) is 9.78 Å². The Morgan fingerprint density at radius 3 is 2.72 bits per heavy atom. The van der Waals surface area contributed by atoms with Crippen molar-refractivity contribution in [3.63, 3.8) is 0 Å². The summed E-state index contributed by atoms with van der Waals surface area (Å²) in [5, 5.41) is 4.17. The number of hydrogen-bond acceptors (Lipinski definition) is 3. The molecule has 1 aromatic carbocycles. The van der Waals surface area contributed by atoms with E-state index in [-0.39, 0.29) is 12.4 Å². The van der Waals surface area contributed by atoms with E-state index in [0.29, 0.717) is 22.6 Å². The number of aromatic nitrogens is 2. The fourth-order valence-electron chi connectivity index (χ4n) is 1.71. The van der Waals surface area contributed by atoms with Crippen molar-refractivity contribution in [3.8, 4) is 11.3 Å². The minimum atomic E-state index is -0.335. The van der Waals surface area contributed by atoms with Crippen molar-refractivity contribution in [1.29, 1.82) is 0 Å². The third-order valence-electron chi connectivity index (χ3n) is 2.60.